The van der Waals surface area contributed by atoms with E-state index in [4.69, 9.17) is 5.73 Å². The first-order valence-electron chi connectivity index (χ1n) is 6.72. The maximum atomic E-state index is 6.11. The van der Waals surface area contributed by atoms with Crippen molar-refractivity contribution in [2.24, 2.45) is 0 Å². The molecule has 2 N–H and O–H groups in total. The summed E-state index contributed by atoms with van der Waals surface area (Å²) in [6.07, 6.45) is 3.59. The molecule has 17 heavy (non-hydrogen) atoms. The summed E-state index contributed by atoms with van der Waals surface area (Å²) in [5.74, 6) is 0. The molecule has 0 saturated heterocycles. The van der Waals surface area contributed by atoms with Crippen LogP contribution in [0.1, 0.15) is 45.6 Å². The van der Waals surface area contributed by atoms with Crippen LogP contribution in [0, 0.1) is 6.92 Å². The predicted molar refractivity (Wildman–Crippen MR) is 77.6 cm³/mol. The number of hydrogen-bond donors (Lipinski definition) is 1. The number of nitrogens with two attached hydrogens (primary N) is 1. The van der Waals surface area contributed by atoms with Gasteiger partial charge in [-0.25, -0.2) is 0 Å². The standard InChI is InChI=1S/C15H26N2/c1-5-7-10-17(13(4)6-2)15-11-12(3)8-9-14(15)16/h8-9,11,13H,5-7,10,16H2,1-4H3. The van der Waals surface area contributed by atoms with Crippen molar-refractivity contribution in [3.8, 4) is 0 Å². The Morgan fingerprint density at radius 1 is 1.29 bits per heavy atom. The minimum atomic E-state index is 0.547. The van der Waals surface area contributed by atoms with Gasteiger partial charge in [-0.3, -0.25) is 0 Å². The second-order valence-electron chi connectivity index (χ2n) is 4.87. The molecule has 1 unspecified atom stereocenters. The molecule has 0 bridgehead atoms. The van der Waals surface area contributed by atoms with Crippen molar-refractivity contribution in [2.45, 2.75) is 53.0 Å². The molecule has 1 aromatic rings. The Balaban J connectivity index is 2.98. The molecule has 0 heterocycles. The van der Waals surface area contributed by atoms with Crippen molar-refractivity contribution in [3.05, 3.63) is 23.8 Å². The zero-order valence-corrected chi connectivity index (χ0v) is 11.7. The first-order valence-corrected chi connectivity index (χ1v) is 6.72. The van der Waals surface area contributed by atoms with E-state index in [9.17, 15) is 0 Å². The molecule has 0 fully saturated rings. The first-order chi connectivity index (χ1) is 8.10. The van der Waals surface area contributed by atoms with Gasteiger partial charge >= 0.3 is 0 Å². The highest BCUT2D eigenvalue weighted by Crippen LogP contribution is 2.27. The Labute approximate surface area is 106 Å². The molecule has 0 aliphatic rings. The lowest BCUT2D eigenvalue weighted by Crippen LogP contribution is -2.34. The fraction of sp³-hybridized carbons (Fsp3) is 0.600. The van der Waals surface area contributed by atoms with Crippen molar-refractivity contribution in [1.82, 2.24) is 0 Å². The van der Waals surface area contributed by atoms with Gasteiger partial charge in [0.1, 0.15) is 0 Å². The average molecular weight is 234 g/mol. The summed E-state index contributed by atoms with van der Waals surface area (Å²) < 4.78 is 0. The highest BCUT2D eigenvalue weighted by atomic mass is 15.2. The molecular formula is C15H26N2. The van der Waals surface area contributed by atoms with E-state index >= 15 is 0 Å². The molecule has 2 heteroatoms. The molecule has 0 spiro atoms. The van der Waals surface area contributed by atoms with Gasteiger partial charge in [0.15, 0.2) is 0 Å². The van der Waals surface area contributed by atoms with Gasteiger partial charge in [0.2, 0.25) is 0 Å². The zero-order valence-electron chi connectivity index (χ0n) is 11.7. The topological polar surface area (TPSA) is 29.3 Å². The maximum Gasteiger partial charge on any atom is 0.0604 e. The van der Waals surface area contributed by atoms with E-state index in [0.717, 1.165) is 18.7 Å². The normalized spacial score (nSPS) is 12.5. The Hall–Kier alpha value is -1.18. The van der Waals surface area contributed by atoms with Gasteiger partial charge in [-0.05, 0) is 44.4 Å². The minimum Gasteiger partial charge on any atom is -0.397 e. The number of unbranched alkanes of at least 4 members (excludes halogenated alkanes) is 1. The smallest absolute Gasteiger partial charge is 0.0604 e. The highest BCUT2D eigenvalue weighted by Gasteiger charge is 2.14. The largest absolute Gasteiger partial charge is 0.397 e. The van der Waals surface area contributed by atoms with Crippen LogP contribution in [0.5, 0.6) is 0 Å². The Bertz CT molecular complexity index is 347. The van der Waals surface area contributed by atoms with Crippen molar-refractivity contribution in [3.63, 3.8) is 0 Å². The Kier molecular flexibility index (Phi) is 5.33. The lowest BCUT2D eigenvalue weighted by molar-refractivity contribution is 0.596. The summed E-state index contributed by atoms with van der Waals surface area (Å²) in [5, 5.41) is 0. The van der Waals surface area contributed by atoms with Crippen LogP contribution >= 0.6 is 0 Å². The number of benzene rings is 1. The van der Waals surface area contributed by atoms with E-state index < -0.39 is 0 Å². The number of rotatable bonds is 6. The van der Waals surface area contributed by atoms with Crippen LogP contribution in [-0.4, -0.2) is 12.6 Å². The van der Waals surface area contributed by atoms with Crippen LogP contribution in [0.4, 0.5) is 11.4 Å². The maximum absolute atomic E-state index is 6.11. The second kappa shape index (κ2) is 6.53. The molecule has 0 aromatic heterocycles. The summed E-state index contributed by atoms with van der Waals surface area (Å²) in [6.45, 7) is 9.96. The molecule has 0 saturated carbocycles. The van der Waals surface area contributed by atoms with Gasteiger partial charge in [0.05, 0.1) is 11.4 Å². The average Bonchev–Trinajstić information content (AvgIpc) is 2.33. The minimum absolute atomic E-state index is 0.547. The Morgan fingerprint density at radius 3 is 2.59 bits per heavy atom. The number of nitrogen functional groups attached to an aromatic ring is 1. The fourth-order valence-corrected chi connectivity index (χ4v) is 2.03. The van der Waals surface area contributed by atoms with Crippen LogP contribution in [0.2, 0.25) is 0 Å². The van der Waals surface area contributed by atoms with Crippen LogP contribution in [0.3, 0.4) is 0 Å². The quantitative estimate of drug-likeness (QED) is 0.754. The van der Waals surface area contributed by atoms with Gasteiger partial charge in [0.25, 0.3) is 0 Å². The van der Waals surface area contributed by atoms with Gasteiger partial charge < -0.3 is 10.6 Å². The van der Waals surface area contributed by atoms with Gasteiger partial charge in [-0.15, -0.1) is 0 Å². The lowest BCUT2D eigenvalue weighted by Gasteiger charge is -2.32. The molecule has 2 nitrogen and oxygen atoms in total. The van der Waals surface area contributed by atoms with E-state index in [2.05, 4.69) is 44.7 Å². The molecule has 0 aliphatic carbocycles. The second-order valence-corrected chi connectivity index (χ2v) is 4.87. The third-order valence-corrected chi connectivity index (χ3v) is 3.37. The predicted octanol–water partition coefficient (Wildman–Crippen LogP) is 3.98. The van der Waals surface area contributed by atoms with Crippen LogP contribution < -0.4 is 10.6 Å². The number of nitrogens with zero attached hydrogens (tertiary/aromatic N) is 1. The first kappa shape index (κ1) is 13.9. The lowest BCUT2D eigenvalue weighted by atomic mass is 10.1. The van der Waals surface area contributed by atoms with E-state index in [1.54, 1.807) is 0 Å². The van der Waals surface area contributed by atoms with Crippen molar-refractivity contribution in [1.29, 1.82) is 0 Å². The Morgan fingerprint density at radius 2 is 2.00 bits per heavy atom. The van der Waals surface area contributed by atoms with Crippen LogP contribution in [-0.2, 0) is 0 Å². The van der Waals surface area contributed by atoms with E-state index in [-0.39, 0.29) is 0 Å². The zero-order chi connectivity index (χ0) is 12.8. The molecule has 96 valence electrons. The summed E-state index contributed by atoms with van der Waals surface area (Å²) in [4.78, 5) is 2.45. The van der Waals surface area contributed by atoms with Crippen molar-refractivity contribution < 1.29 is 0 Å². The van der Waals surface area contributed by atoms with Crippen molar-refractivity contribution >= 4 is 11.4 Å². The summed E-state index contributed by atoms with van der Waals surface area (Å²) in [6, 6.07) is 6.85. The third kappa shape index (κ3) is 3.65. The molecule has 0 amide bonds. The summed E-state index contributed by atoms with van der Waals surface area (Å²) in [5.41, 5.74) is 9.49. The molecule has 1 atom stereocenters. The molecule has 0 aliphatic heterocycles. The van der Waals surface area contributed by atoms with Crippen molar-refractivity contribution in [2.75, 3.05) is 17.2 Å². The SMILES string of the molecule is CCCCN(c1cc(C)ccc1N)C(C)CC. The van der Waals surface area contributed by atoms with Crippen LogP contribution in [0.15, 0.2) is 18.2 Å². The fourth-order valence-electron chi connectivity index (χ4n) is 2.03. The van der Waals surface area contributed by atoms with E-state index in [0.29, 0.717) is 6.04 Å². The van der Waals surface area contributed by atoms with E-state index in [1.165, 1.54) is 24.1 Å². The number of hydrogen-bond acceptors (Lipinski definition) is 2. The van der Waals surface area contributed by atoms with Gasteiger partial charge in [-0.1, -0.05) is 26.3 Å². The van der Waals surface area contributed by atoms with Gasteiger partial charge in [0, 0.05) is 12.6 Å². The monoisotopic (exact) mass is 234 g/mol. The molecule has 0 radical (unpaired) electrons. The molecule has 1 rings (SSSR count). The van der Waals surface area contributed by atoms with E-state index in [1.807, 2.05) is 6.07 Å². The highest BCUT2D eigenvalue weighted by molar-refractivity contribution is 5.68. The van der Waals surface area contributed by atoms with Crippen LogP contribution in [0.25, 0.3) is 0 Å². The summed E-state index contributed by atoms with van der Waals surface area (Å²) >= 11 is 0. The molecule has 1 aromatic carbocycles. The summed E-state index contributed by atoms with van der Waals surface area (Å²) in [7, 11) is 0. The molecular weight excluding hydrogens is 208 g/mol. The number of anilines is 2. The number of aryl methyl sites for hydroxylation is 1. The third-order valence-electron chi connectivity index (χ3n) is 3.37. The van der Waals surface area contributed by atoms with Gasteiger partial charge in [-0.2, -0.15) is 0 Å².